The van der Waals surface area contributed by atoms with E-state index in [1.807, 2.05) is 19.1 Å². The number of aromatic amines is 1. The van der Waals surface area contributed by atoms with Gasteiger partial charge in [-0.25, -0.2) is 0 Å². The summed E-state index contributed by atoms with van der Waals surface area (Å²) in [5, 5.41) is 3.18. The van der Waals surface area contributed by atoms with Crippen molar-refractivity contribution >= 4 is 0 Å². The van der Waals surface area contributed by atoms with Crippen molar-refractivity contribution in [3.8, 4) is 11.3 Å². The standard InChI is InChI=1S/C17H22N2O2/c1-12-4-5-13(2)15(10-12)16-7-6-14(17(20)19-16)11-18-8-9-21-3/h4-7,10,18H,8-9,11H2,1-3H3,(H,19,20). The molecule has 0 saturated heterocycles. The summed E-state index contributed by atoms with van der Waals surface area (Å²) in [6.07, 6.45) is 0. The van der Waals surface area contributed by atoms with Crippen LogP contribution in [0.25, 0.3) is 11.3 Å². The summed E-state index contributed by atoms with van der Waals surface area (Å²) in [4.78, 5) is 15.1. The minimum Gasteiger partial charge on any atom is -0.383 e. The fraction of sp³-hybridized carbons (Fsp3) is 0.353. The molecule has 2 rings (SSSR count). The molecule has 0 unspecified atom stereocenters. The molecule has 0 atom stereocenters. The minimum atomic E-state index is -0.0432. The van der Waals surface area contributed by atoms with Gasteiger partial charge in [-0.05, 0) is 31.5 Å². The highest BCUT2D eigenvalue weighted by Crippen LogP contribution is 2.21. The number of methoxy groups -OCH3 is 1. The van der Waals surface area contributed by atoms with Crippen LogP contribution in [0.1, 0.15) is 16.7 Å². The van der Waals surface area contributed by atoms with Crippen molar-refractivity contribution in [2.24, 2.45) is 0 Å². The molecule has 2 aromatic rings. The fourth-order valence-corrected chi connectivity index (χ4v) is 2.22. The Morgan fingerprint density at radius 3 is 2.71 bits per heavy atom. The van der Waals surface area contributed by atoms with Gasteiger partial charge in [0.15, 0.2) is 0 Å². The van der Waals surface area contributed by atoms with E-state index in [2.05, 4.69) is 35.4 Å². The normalized spacial score (nSPS) is 10.8. The quantitative estimate of drug-likeness (QED) is 0.802. The second-order valence-corrected chi connectivity index (χ2v) is 5.21. The Hall–Kier alpha value is -1.91. The van der Waals surface area contributed by atoms with Crippen LogP contribution in [-0.4, -0.2) is 25.2 Å². The van der Waals surface area contributed by atoms with Gasteiger partial charge in [-0.3, -0.25) is 4.79 Å². The minimum absolute atomic E-state index is 0.0432. The largest absolute Gasteiger partial charge is 0.383 e. The summed E-state index contributed by atoms with van der Waals surface area (Å²) < 4.78 is 4.96. The number of rotatable bonds is 6. The predicted molar refractivity (Wildman–Crippen MR) is 85.6 cm³/mol. The summed E-state index contributed by atoms with van der Waals surface area (Å²) in [6.45, 7) is 6.02. The zero-order valence-electron chi connectivity index (χ0n) is 12.8. The van der Waals surface area contributed by atoms with Gasteiger partial charge in [0.1, 0.15) is 0 Å². The third kappa shape index (κ3) is 4.03. The molecule has 4 heteroatoms. The molecule has 21 heavy (non-hydrogen) atoms. The van der Waals surface area contributed by atoms with E-state index in [1.54, 1.807) is 7.11 Å². The monoisotopic (exact) mass is 286 g/mol. The van der Waals surface area contributed by atoms with Gasteiger partial charge in [0.05, 0.1) is 6.61 Å². The van der Waals surface area contributed by atoms with Crippen molar-refractivity contribution < 1.29 is 4.74 Å². The molecule has 1 heterocycles. The number of hydrogen-bond acceptors (Lipinski definition) is 3. The summed E-state index contributed by atoms with van der Waals surface area (Å²) >= 11 is 0. The van der Waals surface area contributed by atoms with Crippen molar-refractivity contribution in [1.82, 2.24) is 10.3 Å². The van der Waals surface area contributed by atoms with Crippen LogP contribution in [0.15, 0.2) is 35.1 Å². The average Bonchev–Trinajstić information content (AvgIpc) is 2.47. The maximum absolute atomic E-state index is 12.1. The van der Waals surface area contributed by atoms with Gasteiger partial charge >= 0.3 is 0 Å². The molecule has 0 saturated carbocycles. The van der Waals surface area contributed by atoms with Crippen LogP contribution < -0.4 is 10.9 Å². The number of ether oxygens (including phenoxy) is 1. The molecular formula is C17H22N2O2. The molecule has 0 amide bonds. The van der Waals surface area contributed by atoms with Crippen molar-refractivity contribution in [2.45, 2.75) is 20.4 Å². The van der Waals surface area contributed by atoms with Crippen LogP contribution in [0.3, 0.4) is 0 Å². The molecule has 0 radical (unpaired) electrons. The van der Waals surface area contributed by atoms with Crippen molar-refractivity contribution in [3.05, 3.63) is 57.4 Å². The first kappa shape index (κ1) is 15.5. The summed E-state index contributed by atoms with van der Waals surface area (Å²) in [6, 6.07) is 10.1. The first-order chi connectivity index (χ1) is 10.1. The van der Waals surface area contributed by atoms with Gasteiger partial charge in [0.2, 0.25) is 0 Å². The van der Waals surface area contributed by atoms with E-state index in [0.29, 0.717) is 13.2 Å². The molecule has 1 aromatic carbocycles. The summed E-state index contributed by atoms with van der Waals surface area (Å²) in [7, 11) is 1.66. The Morgan fingerprint density at radius 1 is 1.19 bits per heavy atom. The lowest BCUT2D eigenvalue weighted by molar-refractivity contribution is 0.199. The highest BCUT2D eigenvalue weighted by Gasteiger charge is 2.06. The van der Waals surface area contributed by atoms with E-state index in [0.717, 1.165) is 28.9 Å². The Morgan fingerprint density at radius 2 is 2.00 bits per heavy atom. The van der Waals surface area contributed by atoms with Gasteiger partial charge in [-0.2, -0.15) is 0 Å². The fourth-order valence-electron chi connectivity index (χ4n) is 2.22. The van der Waals surface area contributed by atoms with Gasteiger partial charge in [0, 0.05) is 37.0 Å². The lowest BCUT2D eigenvalue weighted by atomic mass is 10.0. The number of hydrogen-bond donors (Lipinski definition) is 2. The molecule has 112 valence electrons. The average molecular weight is 286 g/mol. The first-order valence-corrected chi connectivity index (χ1v) is 7.11. The Kier molecular flexibility index (Phi) is 5.31. The maximum atomic E-state index is 12.1. The lowest BCUT2D eigenvalue weighted by Crippen LogP contribution is -2.23. The van der Waals surface area contributed by atoms with E-state index in [-0.39, 0.29) is 5.56 Å². The third-order valence-corrected chi connectivity index (χ3v) is 3.47. The second kappa shape index (κ2) is 7.20. The van der Waals surface area contributed by atoms with E-state index in [4.69, 9.17) is 4.74 Å². The molecule has 0 fully saturated rings. The molecule has 0 aliphatic rings. The molecule has 2 N–H and O–H groups in total. The highest BCUT2D eigenvalue weighted by atomic mass is 16.5. The Bertz CT molecular complexity index is 662. The zero-order valence-corrected chi connectivity index (χ0v) is 12.8. The molecule has 0 aliphatic carbocycles. The molecule has 0 spiro atoms. The molecular weight excluding hydrogens is 264 g/mol. The van der Waals surface area contributed by atoms with Gasteiger partial charge in [-0.1, -0.05) is 23.8 Å². The highest BCUT2D eigenvalue weighted by molar-refractivity contribution is 5.64. The zero-order chi connectivity index (χ0) is 15.2. The molecule has 0 bridgehead atoms. The number of aryl methyl sites for hydroxylation is 2. The van der Waals surface area contributed by atoms with Crippen molar-refractivity contribution in [2.75, 3.05) is 20.3 Å². The van der Waals surface area contributed by atoms with Crippen LogP contribution in [0.5, 0.6) is 0 Å². The second-order valence-electron chi connectivity index (χ2n) is 5.21. The van der Waals surface area contributed by atoms with Gasteiger partial charge in [0.25, 0.3) is 5.56 Å². The van der Waals surface area contributed by atoms with E-state index in [9.17, 15) is 4.79 Å². The van der Waals surface area contributed by atoms with Gasteiger partial charge < -0.3 is 15.0 Å². The van der Waals surface area contributed by atoms with Crippen LogP contribution in [0.4, 0.5) is 0 Å². The number of pyridine rings is 1. The molecule has 4 nitrogen and oxygen atoms in total. The van der Waals surface area contributed by atoms with Crippen molar-refractivity contribution in [1.29, 1.82) is 0 Å². The third-order valence-electron chi connectivity index (χ3n) is 3.47. The van der Waals surface area contributed by atoms with Crippen LogP contribution in [0, 0.1) is 13.8 Å². The smallest absolute Gasteiger partial charge is 0.252 e. The van der Waals surface area contributed by atoms with E-state index >= 15 is 0 Å². The van der Waals surface area contributed by atoms with E-state index in [1.165, 1.54) is 5.56 Å². The van der Waals surface area contributed by atoms with Crippen molar-refractivity contribution in [3.63, 3.8) is 0 Å². The van der Waals surface area contributed by atoms with Crippen LogP contribution in [-0.2, 0) is 11.3 Å². The molecule has 1 aromatic heterocycles. The maximum Gasteiger partial charge on any atom is 0.252 e. The van der Waals surface area contributed by atoms with Gasteiger partial charge in [-0.15, -0.1) is 0 Å². The summed E-state index contributed by atoms with van der Waals surface area (Å²) in [5.74, 6) is 0. The van der Waals surface area contributed by atoms with Crippen LogP contribution in [0.2, 0.25) is 0 Å². The number of nitrogens with one attached hydrogen (secondary N) is 2. The first-order valence-electron chi connectivity index (χ1n) is 7.11. The number of aromatic nitrogens is 1. The van der Waals surface area contributed by atoms with Crippen LogP contribution >= 0.6 is 0 Å². The SMILES string of the molecule is COCCNCc1ccc(-c2cc(C)ccc2C)[nH]c1=O. The number of H-pyrrole nitrogens is 1. The summed E-state index contributed by atoms with van der Waals surface area (Å²) in [5.41, 5.74) is 4.97. The Balaban J connectivity index is 2.19. The van der Waals surface area contributed by atoms with E-state index < -0.39 is 0 Å². The predicted octanol–water partition coefficient (Wildman–Crippen LogP) is 2.39. The Labute approximate surface area is 125 Å². The molecule has 0 aliphatic heterocycles. The lowest BCUT2D eigenvalue weighted by Gasteiger charge is -2.09. The topological polar surface area (TPSA) is 54.1 Å². The number of benzene rings is 1.